The molecular formula is C20H15NO2. The highest BCUT2D eigenvalue weighted by Crippen LogP contribution is 2.32. The number of benzene rings is 2. The van der Waals surface area contributed by atoms with Gasteiger partial charge in [0.1, 0.15) is 0 Å². The Kier molecular flexibility index (Phi) is 3.77. The summed E-state index contributed by atoms with van der Waals surface area (Å²) in [7, 11) is 0. The molecule has 1 N–H and O–H groups in total. The van der Waals surface area contributed by atoms with E-state index in [1.165, 1.54) is 0 Å². The van der Waals surface area contributed by atoms with Crippen LogP contribution in [0.15, 0.2) is 61.8 Å². The topological polar surface area (TPSA) is 50.2 Å². The SMILES string of the molecule is C=Cc1cnc(-c2ccc3ccccc3c2C=C)c(C(=O)O)c1. The smallest absolute Gasteiger partial charge is 0.337 e. The maximum absolute atomic E-state index is 11.6. The fraction of sp³-hybridized carbons (Fsp3) is 0. The average Bonchev–Trinajstić information content (AvgIpc) is 2.60. The Balaban J connectivity index is 2.35. The van der Waals surface area contributed by atoms with Crippen LogP contribution in [0.5, 0.6) is 0 Å². The second-order valence-corrected chi connectivity index (χ2v) is 5.13. The largest absolute Gasteiger partial charge is 0.478 e. The van der Waals surface area contributed by atoms with Crippen LogP contribution in [0.1, 0.15) is 21.5 Å². The molecule has 0 fully saturated rings. The van der Waals surface area contributed by atoms with Gasteiger partial charge in [0.2, 0.25) is 0 Å². The Morgan fingerprint density at radius 2 is 1.87 bits per heavy atom. The highest BCUT2D eigenvalue weighted by molar-refractivity contribution is 6.01. The van der Waals surface area contributed by atoms with Crippen LogP contribution in [-0.2, 0) is 0 Å². The van der Waals surface area contributed by atoms with Gasteiger partial charge in [0, 0.05) is 11.8 Å². The minimum atomic E-state index is -1.01. The summed E-state index contributed by atoms with van der Waals surface area (Å²) in [5.74, 6) is -1.01. The van der Waals surface area contributed by atoms with Crippen LogP contribution in [0.25, 0.3) is 34.2 Å². The van der Waals surface area contributed by atoms with Crippen LogP contribution in [0.3, 0.4) is 0 Å². The summed E-state index contributed by atoms with van der Waals surface area (Å²) in [6.45, 7) is 7.54. The van der Waals surface area contributed by atoms with E-state index in [1.807, 2.05) is 36.4 Å². The lowest BCUT2D eigenvalue weighted by Crippen LogP contribution is -2.03. The minimum absolute atomic E-state index is 0.154. The van der Waals surface area contributed by atoms with Gasteiger partial charge in [0.05, 0.1) is 11.3 Å². The molecule has 3 nitrogen and oxygen atoms in total. The molecule has 23 heavy (non-hydrogen) atoms. The first-order chi connectivity index (χ1) is 11.2. The van der Waals surface area contributed by atoms with Crippen molar-refractivity contribution in [3.05, 3.63) is 78.5 Å². The predicted molar refractivity (Wildman–Crippen MR) is 94.3 cm³/mol. The van der Waals surface area contributed by atoms with Crippen LogP contribution in [0.4, 0.5) is 0 Å². The van der Waals surface area contributed by atoms with E-state index >= 15 is 0 Å². The van der Waals surface area contributed by atoms with Crippen molar-refractivity contribution in [3.8, 4) is 11.3 Å². The molecule has 3 rings (SSSR count). The third kappa shape index (κ3) is 2.53. The number of fused-ring (bicyclic) bond motifs is 1. The van der Waals surface area contributed by atoms with Crippen molar-refractivity contribution in [2.24, 2.45) is 0 Å². The number of carbonyl (C=O) groups is 1. The molecule has 0 radical (unpaired) electrons. The van der Waals surface area contributed by atoms with E-state index < -0.39 is 5.97 Å². The number of carboxylic acids is 1. The molecule has 2 aromatic carbocycles. The molecule has 0 bridgehead atoms. The van der Waals surface area contributed by atoms with Crippen molar-refractivity contribution >= 4 is 28.9 Å². The summed E-state index contributed by atoms with van der Waals surface area (Å²) >= 11 is 0. The molecule has 0 aliphatic heterocycles. The van der Waals surface area contributed by atoms with E-state index in [-0.39, 0.29) is 5.56 Å². The molecule has 112 valence electrons. The first-order valence-electron chi connectivity index (χ1n) is 7.16. The van der Waals surface area contributed by atoms with E-state index in [2.05, 4.69) is 18.1 Å². The van der Waals surface area contributed by atoms with Crippen molar-refractivity contribution in [2.75, 3.05) is 0 Å². The van der Waals surface area contributed by atoms with Crippen LogP contribution in [0, 0.1) is 0 Å². The quantitative estimate of drug-likeness (QED) is 0.746. The maximum atomic E-state index is 11.6. The van der Waals surface area contributed by atoms with Gasteiger partial charge in [-0.1, -0.05) is 61.7 Å². The standard InChI is InChI=1S/C20H15NO2/c1-3-13-11-18(20(22)23)19(21-12-13)17-10-9-14-7-5-6-8-16(14)15(17)4-2/h3-12H,1-2H2,(H,22,23). The highest BCUT2D eigenvalue weighted by atomic mass is 16.4. The third-order valence-corrected chi connectivity index (χ3v) is 3.80. The van der Waals surface area contributed by atoms with Gasteiger partial charge in [0.25, 0.3) is 0 Å². The molecule has 0 saturated carbocycles. The van der Waals surface area contributed by atoms with Gasteiger partial charge in [-0.15, -0.1) is 0 Å². The molecule has 0 unspecified atom stereocenters. The van der Waals surface area contributed by atoms with E-state index in [0.717, 1.165) is 21.9 Å². The molecule has 1 heterocycles. The molecule has 0 atom stereocenters. The molecule has 0 aliphatic rings. The summed E-state index contributed by atoms with van der Waals surface area (Å²) in [5.41, 5.74) is 2.90. The second kappa shape index (κ2) is 5.89. The zero-order valence-electron chi connectivity index (χ0n) is 12.5. The van der Waals surface area contributed by atoms with Crippen LogP contribution in [0.2, 0.25) is 0 Å². The van der Waals surface area contributed by atoms with Gasteiger partial charge in [-0.05, 0) is 28.0 Å². The molecule has 0 saturated heterocycles. The van der Waals surface area contributed by atoms with Crippen LogP contribution >= 0.6 is 0 Å². The predicted octanol–water partition coefficient (Wildman–Crippen LogP) is 4.89. The van der Waals surface area contributed by atoms with Gasteiger partial charge in [-0.3, -0.25) is 4.98 Å². The van der Waals surface area contributed by atoms with Crippen molar-refractivity contribution in [2.45, 2.75) is 0 Å². The lowest BCUT2D eigenvalue weighted by Gasteiger charge is -2.12. The fourth-order valence-corrected chi connectivity index (χ4v) is 2.69. The summed E-state index contributed by atoms with van der Waals surface area (Å²) in [5, 5.41) is 11.6. The van der Waals surface area contributed by atoms with Gasteiger partial charge in [-0.25, -0.2) is 4.79 Å². The van der Waals surface area contributed by atoms with Crippen molar-refractivity contribution in [3.63, 3.8) is 0 Å². The second-order valence-electron chi connectivity index (χ2n) is 5.13. The Bertz CT molecular complexity index is 942. The normalized spacial score (nSPS) is 10.4. The zero-order valence-corrected chi connectivity index (χ0v) is 12.5. The molecule has 3 heteroatoms. The fourth-order valence-electron chi connectivity index (χ4n) is 2.69. The number of aromatic carboxylic acids is 1. The highest BCUT2D eigenvalue weighted by Gasteiger charge is 2.17. The van der Waals surface area contributed by atoms with Crippen molar-refractivity contribution in [1.29, 1.82) is 0 Å². The molecule has 3 aromatic rings. The van der Waals surface area contributed by atoms with Gasteiger partial charge in [0.15, 0.2) is 0 Å². The van der Waals surface area contributed by atoms with Crippen LogP contribution < -0.4 is 0 Å². The van der Waals surface area contributed by atoms with Crippen molar-refractivity contribution < 1.29 is 9.90 Å². The number of aromatic nitrogens is 1. The third-order valence-electron chi connectivity index (χ3n) is 3.80. The summed E-state index contributed by atoms with van der Waals surface area (Å²) in [6.07, 6.45) is 4.95. The first-order valence-corrected chi connectivity index (χ1v) is 7.16. The summed E-state index contributed by atoms with van der Waals surface area (Å²) in [4.78, 5) is 16.0. The van der Waals surface area contributed by atoms with Crippen LogP contribution in [-0.4, -0.2) is 16.1 Å². The summed E-state index contributed by atoms with van der Waals surface area (Å²) < 4.78 is 0. The lowest BCUT2D eigenvalue weighted by atomic mass is 9.94. The maximum Gasteiger partial charge on any atom is 0.337 e. The Morgan fingerprint density at radius 1 is 1.09 bits per heavy atom. The molecule has 1 aromatic heterocycles. The van der Waals surface area contributed by atoms with Gasteiger partial charge < -0.3 is 5.11 Å². The Hall–Kier alpha value is -3.20. The molecule has 0 amide bonds. The number of hydrogen-bond acceptors (Lipinski definition) is 2. The van der Waals surface area contributed by atoms with E-state index in [1.54, 1.807) is 24.4 Å². The number of carboxylic acid groups (broad SMARTS) is 1. The Labute approximate surface area is 134 Å². The molecular weight excluding hydrogens is 286 g/mol. The number of pyridine rings is 1. The molecule has 0 aliphatic carbocycles. The van der Waals surface area contributed by atoms with E-state index in [4.69, 9.17) is 0 Å². The van der Waals surface area contributed by atoms with Gasteiger partial charge in [-0.2, -0.15) is 0 Å². The number of hydrogen-bond donors (Lipinski definition) is 1. The van der Waals surface area contributed by atoms with Crippen molar-refractivity contribution in [1.82, 2.24) is 4.98 Å². The monoisotopic (exact) mass is 301 g/mol. The minimum Gasteiger partial charge on any atom is -0.478 e. The Morgan fingerprint density at radius 3 is 2.57 bits per heavy atom. The molecule has 0 spiro atoms. The lowest BCUT2D eigenvalue weighted by molar-refractivity contribution is 0.0697. The average molecular weight is 301 g/mol. The first kappa shape index (κ1) is 14.7. The number of nitrogens with zero attached hydrogens (tertiary/aromatic N) is 1. The zero-order chi connectivity index (χ0) is 16.4. The summed E-state index contributed by atoms with van der Waals surface area (Å²) in [6, 6.07) is 13.4. The van der Waals surface area contributed by atoms with E-state index in [9.17, 15) is 9.90 Å². The number of rotatable bonds is 4. The van der Waals surface area contributed by atoms with E-state index in [0.29, 0.717) is 11.3 Å². The van der Waals surface area contributed by atoms with Gasteiger partial charge >= 0.3 is 5.97 Å².